The first-order valence-corrected chi connectivity index (χ1v) is 14.2. The van der Waals surface area contributed by atoms with Crippen LogP contribution in [0.15, 0.2) is 81.0 Å². The molecular weight excluding hydrogens is 630 g/mol. The maximum atomic E-state index is 12.9. The first kappa shape index (κ1) is 28.8. The summed E-state index contributed by atoms with van der Waals surface area (Å²) in [7, 11) is -3.13. The number of ether oxygens (including phenoxy) is 1. The molecule has 0 radical (unpaired) electrons. The third kappa shape index (κ3) is 6.50. The van der Waals surface area contributed by atoms with Crippen LogP contribution in [0.25, 0.3) is 6.08 Å². The van der Waals surface area contributed by atoms with Crippen LogP contribution in [0, 0.1) is 10.1 Å². The van der Waals surface area contributed by atoms with Gasteiger partial charge in [0.05, 0.1) is 21.4 Å². The third-order valence-corrected chi connectivity index (χ3v) is 8.04. The molecule has 1 heterocycles. The van der Waals surface area contributed by atoms with Crippen LogP contribution < -0.4 is 14.2 Å². The lowest BCUT2D eigenvalue weighted by molar-refractivity contribution is -0.384. The van der Waals surface area contributed by atoms with Crippen molar-refractivity contribution in [2.45, 2.75) is 4.90 Å². The van der Waals surface area contributed by atoms with E-state index in [2.05, 4.69) is 21.2 Å². The number of hydrogen-bond donors (Lipinski definition) is 1. The van der Waals surface area contributed by atoms with Gasteiger partial charge in [0.15, 0.2) is 11.5 Å². The number of thioether (sulfide) groups is 1. The summed E-state index contributed by atoms with van der Waals surface area (Å²) in [5.41, 5.74) is 0.594. The molecule has 15 heteroatoms. The van der Waals surface area contributed by atoms with Crippen LogP contribution in [0.3, 0.4) is 0 Å². The molecule has 0 spiro atoms. The molecule has 0 aromatic heterocycles. The van der Waals surface area contributed by atoms with Crippen molar-refractivity contribution in [3.8, 4) is 11.5 Å². The Kier molecular flexibility index (Phi) is 8.56. The Morgan fingerprint density at radius 3 is 2.42 bits per heavy atom. The molecule has 206 valence electrons. The Bertz CT molecular complexity index is 1640. The van der Waals surface area contributed by atoms with Crippen molar-refractivity contribution in [3.05, 3.63) is 91.8 Å². The van der Waals surface area contributed by atoms with Crippen LogP contribution in [0.5, 0.6) is 11.5 Å². The second-order valence-corrected chi connectivity index (χ2v) is 11.4. The van der Waals surface area contributed by atoms with Crippen molar-refractivity contribution in [1.29, 1.82) is 0 Å². The number of para-hydroxylation sites is 1. The van der Waals surface area contributed by atoms with E-state index in [-0.39, 0.29) is 31.5 Å². The highest BCUT2D eigenvalue weighted by molar-refractivity contribution is 9.10. The quantitative estimate of drug-likeness (QED) is 0.148. The van der Waals surface area contributed by atoms with Gasteiger partial charge < -0.3 is 14.2 Å². The largest absolute Gasteiger partial charge is 0.493 e. The number of rotatable bonds is 9. The van der Waals surface area contributed by atoms with E-state index < -0.39 is 38.6 Å². The Labute approximate surface area is 240 Å². The predicted octanol–water partition coefficient (Wildman–Crippen LogP) is 4.81. The molecule has 3 aromatic carbocycles. The number of nitro benzene ring substituents is 1. The number of benzene rings is 3. The number of amides is 3. The maximum absolute atomic E-state index is 12.9. The molecule has 0 atom stereocenters. The molecule has 12 nitrogen and oxygen atoms in total. The third-order valence-electron chi connectivity index (χ3n) is 5.31. The highest BCUT2D eigenvalue weighted by atomic mass is 79.9. The van der Waals surface area contributed by atoms with Crippen molar-refractivity contribution in [2.75, 3.05) is 19.0 Å². The number of carbonyl (C=O) groups excluding carboxylic acids is 3. The lowest BCUT2D eigenvalue weighted by atomic mass is 10.2. The Hall–Kier alpha value is -4.21. The number of nitrogens with one attached hydrogen (secondary N) is 1. The van der Waals surface area contributed by atoms with Crippen LogP contribution >= 0.6 is 27.7 Å². The van der Waals surface area contributed by atoms with Crippen molar-refractivity contribution in [2.24, 2.45) is 0 Å². The smallest absolute Gasteiger partial charge is 0.339 e. The minimum atomic E-state index is -4.40. The van der Waals surface area contributed by atoms with Gasteiger partial charge in [-0.2, -0.15) is 8.42 Å². The summed E-state index contributed by atoms with van der Waals surface area (Å²) in [6.45, 7) is -0.475. The van der Waals surface area contributed by atoms with Crippen molar-refractivity contribution in [1.82, 2.24) is 4.90 Å². The number of anilines is 1. The van der Waals surface area contributed by atoms with Gasteiger partial charge in [0.2, 0.25) is 5.91 Å². The van der Waals surface area contributed by atoms with Gasteiger partial charge in [-0.05, 0) is 75.7 Å². The molecule has 1 saturated heterocycles. The van der Waals surface area contributed by atoms with E-state index in [9.17, 15) is 32.9 Å². The van der Waals surface area contributed by atoms with Crippen LogP contribution in [0.4, 0.5) is 16.2 Å². The van der Waals surface area contributed by atoms with Crippen LogP contribution in [0.1, 0.15) is 5.56 Å². The molecule has 3 amide bonds. The van der Waals surface area contributed by atoms with Gasteiger partial charge in [-0.3, -0.25) is 29.4 Å². The van der Waals surface area contributed by atoms with Crippen molar-refractivity contribution >= 4 is 72.3 Å². The van der Waals surface area contributed by atoms with Crippen LogP contribution in [0.2, 0.25) is 0 Å². The summed E-state index contributed by atoms with van der Waals surface area (Å²) in [6.07, 6.45) is 1.39. The molecular formula is C25H18BrN3O9S2. The van der Waals surface area contributed by atoms with Crippen molar-refractivity contribution < 1.29 is 36.6 Å². The molecule has 1 aliphatic rings. The minimum absolute atomic E-state index is 0.0208. The first-order chi connectivity index (χ1) is 19.0. The molecule has 1 fully saturated rings. The zero-order valence-electron chi connectivity index (χ0n) is 20.4. The van der Waals surface area contributed by atoms with Gasteiger partial charge in [-0.15, -0.1) is 0 Å². The van der Waals surface area contributed by atoms with Crippen LogP contribution in [-0.4, -0.2) is 48.9 Å². The summed E-state index contributed by atoms with van der Waals surface area (Å²) >= 11 is 3.88. The van der Waals surface area contributed by atoms with E-state index in [1.165, 1.54) is 25.3 Å². The molecule has 40 heavy (non-hydrogen) atoms. The van der Waals surface area contributed by atoms with E-state index >= 15 is 0 Å². The SMILES string of the molecule is COc1cc(/C=C2\SC(=O)N(CC(=O)Nc3ccccc3)C2=O)cc(Br)c1OS(=O)(=O)c1ccc([N+](=O)[O-])cc1. The minimum Gasteiger partial charge on any atom is -0.493 e. The fourth-order valence-electron chi connectivity index (χ4n) is 3.45. The molecule has 4 rings (SSSR count). The average molecular weight is 648 g/mol. The standard InChI is InChI=1S/C25H18BrN3O9S2/c1-37-20-12-15(11-19(26)23(20)38-40(35,36)18-9-7-17(8-10-18)29(33)34)13-21-24(31)28(25(32)39-21)14-22(30)27-16-5-3-2-4-6-16/h2-13H,14H2,1H3,(H,27,30)/b21-13-. The van der Waals surface area contributed by atoms with Gasteiger partial charge in [-0.25, -0.2) is 0 Å². The molecule has 0 aliphatic carbocycles. The van der Waals surface area contributed by atoms with Gasteiger partial charge >= 0.3 is 10.1 Å². The number of nitro groups is 1. The number of halogens is 1. The molecule has 1 aliphatic heterocycles. The van der Waals surface area contributed by atoms with Gasteiger partial charge in [0, 0.05) is 17.8 Å². The highest BCUT2D eigenvalue weighted by Gasteiger charge is 2.36. The second-order valence-electron chi connectivity index (χ2n) is 8.00. The average Bonchev–Trinajstić information content (AvgIpc) is 3.17. The molecule has 3 aromatic rings. The van der Waals surface area contributed by atoms with E-state index in [1.807, 2.05) is 0 Å². The Morgan fingerprint density at radius 2 is 1.80 bits per heavy atom. The second kappa shape index (κ2) is 11.9. The zero-order chi connectivity index (χ0) is 29.0. The van der Waals surface area contributed by atoms with Gasteiger partial charge in [0.1, 0.15) is 11.4 Å². The zero-order valence-corrected chi connectivity index (χ0v) is 23.6. The monoisotopic (exact) mass is 647 g/mol. The summed E-state index contributed by atoms with van der Waals surface area (Å²) in [5, 5.41) is 12.8. The molecule has 0 unspecified atom stereocenters. The fraction of sp³-hybridized carbons (Fsp3) is 0.0800. The van der Waals surface area contributed by atoms with Crippen LogP contribution in [-0.2, 0) is 19.7 Å². The normalized spacial score (nSPS) is 14.3. The predicted molar refractivity (Wildman–Crippen MR) is 149 cm³/mol. The number of methoxy groups -OCH3 is 1. The maximum Gasteiger partial charge on any atom is 0.339 e. The number of hydrogen-bond acceptors (Lipinski definition) is 10. The lowest BCUT2D eigenvalue weighted by Crippen LogP contribution is -2.36. The van der Waals surface area contributed by atoms with Gasteiger partial charge in [0.25, 0.3) is 16.8 Å². The Morgan fingerprint density at radius 1 is 1.12 bits per heavy atom. The van der Waals surface area contributed by atoms with Gasteiger partial charge in [-0.1, -0.05) is 18.2 Å². The topological polar surface area (TPSA) is 162 Å². The number of non-ortho nitro benzene ring substituents is 1. The highest BCUT2D eigenvalue weighted by Crippen LogP contribution is 2.40. The summed E-state index contributed by atoms with van der Waals surface area (Å²) in [4.78, 5) is 48.4. The number of carbonyl (C=O) groups is 3. The summed E-state index contributed by atoms with van der Waals surface area (Å²) < 4.78 is 36.2. The van der Waals surface area contributed by atoms with Crippen molar-refractivity contribution in [3.63, 3.8) is 0 Å². The molecule has 0 bridgehead atoms. The fourth-order valence-corrected chi connectivity index (χ4v) is 5.89. The summed E-state index contributed by atoms with van der Waals surface area (Å²) in [6, 6.07) is 15.5. The number of nitrogens with zero attached hydrogens (tertiary/aromatic N) is 2. The summed E-state index contributed by atoms with van der Waals surface area (Å²) in [5.74, 6) is -1.44. The Balaban J connectivity index is 1.53. The molecule has 0 saturated carbocycles. The van der Waals surface area contributed by atoms with E-state index in [0.29, 0.717) is 23.0 Å². The number of imide groups is 1. The van der Waals surface area contributed by atoms with E-state index in [0.717, 1.165) is 29.2 Å². The molecule has 1 N–H and O–H groups in total. The van der Waals surface area contributed by atoms with E-state index in [1.54, 1.807) is 30.3 Å². The first-order valence-electron chi connectivity index (χ1n) is 11.2. The lowest BCUT2D eigenvalue weighted by Gasteiger charge is -2.14. The van der Waals surface area contributed by atoms with E-state index in [4.69, 9.17) is 8.92 Å².